The van der Waals surface area contributed by atoms with E-state index in [1.165, 1.54) is 4.31 Å². The molecule has 7 heteroatoms. The Hall–Kier alpha value is -1.99. The van der Waals surface area contributed by atoms with Gasteiger partial charge in [0.1, 0.15) is 0 Å². The van der Waals surface area contributed by atoms with Crippen LogP contribution in [0, 0.1) is 5.92 Å². The number of para-hydroxylation sites is 1. The van der Waals surface area contributed by atoms with Crippen LogP contribution < -0.4 is 5.32 Å². The Balaban J connectivity index is 1.69. The smallest absolute Gasteiger partial charge is 0.228 e. The molecule has 1 amide bonds. The Labute approximate surface area is 148 Å². The molecule has 1 fully saturated rings. The zero-order chi connectivity index (χ0) is 17.9. The van der Waals surface area contributed by atoms with Crippen molar-refractivity contribution in [2.75, 3.05) is 24.2 Å². The minimum atomic E-state index is -3.26. The summed E-state index contributed by atoms with van der Waals surface area (Å²) in [6.07, 6.45) is 3.62. The average molecular weight is 361 g/mol. The summed E-state index contributed by atoms with van der Waals surface area (Å²) in [5, 5.41) is 3.84. The van der Waals surface area contributed by atoms with E-state index in [0.29, 0.717) is 31.5 Å². The third kappa shape index (κ3) is 4.16. The average Bonchev–Trinajstić information content (AvgIpc) is 2.61. The Morgan fingerprint density at radius 3 is 2.96 bits per heavy atom. The number of hydrogen-bond donors (Lipinski definition) is 1. The van der Waals surface area contributed by atoms with Gasteiger partial charge in [0.05, 0.1) is 29.1 Å². The highest BCUT2D eigenvalue weighted by Gasteiger charge is 2.31. The molecular weight excluding hydrogens is 338 g/mol. The van der Waals surface area contributed by atoms with Crippen LogP contribution in [-0.2, 0) is 14.8 Å². The number of carbonyl (C=O) groups excluding carboxylic acids is 1. The van der Waals surface area contributed by atoms with E-state index in [0.717, 1.165) is 10.9 Å². The molecule has 1 atom stereocenters. The SMILES string of the molecule is CCCS(=O)(=O)N1CCCC(C(=O)Nc2cnc3ccccc3c2)C1. The molecule has 0 spiro atoms. The molecule has 1 aromatic carbocycles. The van der Waals surface area contributed by atoms with Crippen molar-refractivity contribution < 1.29 is 13.2 Å². The topological polar surface area (TPSA) is 79.4 Å². The molecule has 25 heavy (non-hydrogen) atoms. The number of piperidine rings is 1. The molecule has 1 unspecified atom stereocenters. The van der Waals surface area contributed by atoms with Gasteiger partial charge in [-0.25, -0.2) is 12.7 Å². The fourth-order valence-electron chi connectivity index (χ4n) is 3.18. The van der Waals surface area contributed by atoms with Gasteiger partial charge in [0.15, 0.2) is 0 Å². The molecule has 0 saturated carbocycles. The van der Waals surface area contributed by atoms with E-state index < -0.39 is 10.0 Å². The third-order valence-corrected chi connectivity index (χ3v) is 6.51. The molecule has 3 rings (SSSR count). The van der Waals surface area contributed by atoms with E-state index in [1.807, 2.05) is 37.3 Å². The van der Waals surface area contributed by atoms with Gasteiger partial charge in [-0.15, -0.1) is 0 Å². The van der Waals surface area contributed by atoms with E-state index >= 15 is 0 Å². The minimum Gasteiger partial charge on any atom is -0.324 e. The quantitative estimate of drug-likeness (QED) is 0.888. The van der Waals surface area contributed by atoms with Crippen LogP contribution in [0.5, 0.6) is 0 Å². The van der Waals surface area contributed by atoms with Crippen LogP contribution in [0.2, 0.25) is 0 Å². The second-order valence-corrected chi connectivity index (χ2v) is 8.51. The lowest BCUT2D eigenvalue weighted by atomic mass is 9.99. The standard InChI is InChI=1S/C18H23N3O3S/c1-2-10-25(23,24)21-9-5-7-15(13-21)18(22)20-16-11-14-6-3-4-8-17(14)19-12-16/h3-4,6,8,11-12,15H,2,5,7,9-10,13H2,1H3,(H,20,22). The number of aromatic nitrogens is 1. The number of amides is 1. The van der Waals surface area contributed by atoms with Gasteiger partial charge in [-0.2, -0.15) is 0 Å². The lowest BCUT2D eigenvalue weighted by Crippen LogP contribution is -2.44. The summed E-state index contributed by atoms with van der Waals surface area (Å²) in [5.74, 6) is -0.337. The summed E-state index contributed by atoms with van der Waals surface area (Å²) < 4.78 is 25.9. The van der Waals surface area contributed by atoms with Crippen molar-refractivity contribution in [3.63, 3.8) is 0 Å². The van der Waals surface area contributed by atoms with Crippen LogP contribution in [0.25, 0.3) is 10.9 Å². The van der Waals surface area contributed by atoms with Gasteiger partial charge in [-0.3, -0.25) is 9.78 Å². The Morgan fingerprint density at radius 2 is 2.16 bits per heavy atom. The number of anilines is 1. The number of pyridine rings is 1. The molecule has 1 aliphatic rings. The van der Waals surface area contributed by atoms with Crippen molar-refractivity contribution in [3.05, 3.63) is 36.5 Å². The zero-order valence-corrected chi connectivity index (χ0v) is 15.1. The van der Waals surface area contributed by atoms with Gasteiger partial charge in [-0.05, 0) is 31.4 Å². The highest BCUT2D eigenvalue weighted by molar-refractivity contribution is 7.89. The molecule has 2 aromatic rings. The fourth-order valence-corrected chi connectivity index (χ4v) is 4.77. The van der Waals surface area contributed by atoms with E-state index in [1.54, 1.807) is 6.20 Å². The second kappa shape index (κ2) is 7.49. The van der Waals surface area contributed by atoms with Gasteiger partial charge in [0.2, 0.25) is 15.9 Å². The summed E-state index contributed by atoms with van der Waals surface area (Å²) in [6.45, 7) is 2.61. The lowest BCUT2D eigenvalue weighted by molar-refractivity contribution is -0.120. The predicted molar refractivity (Wildman–Crippen MR) is 98.7 cm³/mol. The number of nitrogens with one attached hydrogen (secondary N) is 1. The molecule has 6 nitrogen and oxygen atoms in total. The van der Waals surface area contributed by atoms with Crippen molar-refractivity contribution in [1.82, 2.24) is 9.29 Å². The third-order valence-electron chi connectivity index (χ3n) is 4.47. The first-order chi connectivity index (χ1) is 12.0. The molecule has 1 aromatic heterocycles. The van der Waals surface area contributed by atoms with Gasteiger partial charge < -0.3 is 5.32 Å². The largest absolute Gasteiger partial charge is 0.324 e. The predicted octanol–water partition coefficient (Wildman–Crippen LogP) is 2.63. The van der Waals surface area contributed by atoms with E-state index in [-0.39, 0.29) is 24.1 Å². The summed E-state index contributed by atoms with van der Waals surface area (Å²) in [5.41, 5.74) is 1.51. The zero-order valence-electron chi connectivity index (χ0n) is 14.3. The molecule has 1 N–H and O–H groups in total. The molecule has 0 aliphatic carbocycles. The van der Waals surface area contributed by atoms with E-state index in [9.17, 15) is 13.2 Å². The van der Waals surface area contributed by atoms with Gasteiger partial charge in [0.25, 0.3) is 0 Å². The van der Waals surface area contributed by atoms with Crippen molar-refractivity contribution in [2.24, 2.45) is 5.92 Å². The first-order valence-electron chi connectivity index (χ1n) is 8.63. The Morgan fingerprint density at radius 1 is 1.36 bits per heavy atom. The molecule has 1 aliphatic heterocycles. The number of carbonyl (C=O) groups is 1. The minimum absolute atomic E-state index is 0.135. The molecule has 0 bridgehead atoms. The maximum absolute atomic E-state index is 12.6. The normalized spacial score (nSPS) is 19.0. The summed E-state index contributed by atoms with van der Waals surface area (Å²) in [7, 11) is -3.26. The van der Waals surface area contributed by atoms with Crippen LogP contribution in [0.1, 0.15) is 26.2 Å². The summed E-state index contributed by atoms with van der Waals surface area (Å²) in [6, 6.07) is 9.58. The van der Waals surface area contributed by atoms with Crippen LogP contribution in [-0.4, -0.2) is 42.5 Å². The Kier molecular flexibility index (Phi) is 5.34. The lowest BCUT2D eigenvalue weighted by Gasteiger charge is -2.31. The molecular formula is C18H23N3O3S. The number of rotatable bonds is 5. The maximum Gasteiger partial charge on any atom is 0.228 e. The highest BCUT2D eigenvalue weighted by Crippen LogP contribution is 2.22. The van der Waals surface area contributed by atoms with Crippen LogP contribution in [0.4, 0.5) is 5.69 Å². The Bertz CT molecular complexity index is 867. The maximum atomic E-state index is 12.6. The highest BCUT2D eigenvalue weighted by atomic mass is 32.2. The van der Waals surface area contributed by atoms with Crippen molar-refractivity contribution in [2.45, 2.75) is 26.2 Å². The number of hydrogen-bond acceptors (Lipinski definition) is 4. The van der Waals surface area contributed by atoms with Crippen LogP contribution in [0.15, 0.2) is 36.5 Å². The van der Waals surface area contributed by atoms with Crippen molar-refractivity contribution in [3.8, 4) is 0 Å². The number of fused-ring (bicyclic) bond motifs is 1. The van der Waals surface area contributed by atoms with E-state index in [4.69, 9.17) is 0 Å². The van der Waals surface area contributed by atoms with Crippen molar-refractivity contribution in [1.29, 1.82) is 0 Å². The number of benzene rings is 1. The van der Waals surface area contributed by atoms with E-state index in [2.05, 4.69) is 10.3 Å². The van der Waals surface area contributed by atoms with Gasteiger partial charge >= 0.3 is 0 Å². The molecule has 134 valence electrons. The van der Waals surface area contributed by atoms with Crippen LogP contribution >= 0.6 is 0 Å². The summed E-state index contributed by atoms with van der Waals surface area (Å²) in [4.78, 5) is 16.9. The molecule has 1 saturated heterocycles. The fraction of sp³-hybridized carbons (Fsp3) is 0.444. The number of sulfonamides is 1. The van der Waals surface area contributed by atoms with Crippen molar-refractivity contribution >= 4 is 32.5 Å². The van der Waals surface area contributed by atoms with Gasteiger partial charge in [-0.1, -0.05) is 25.1 Å². The monoisotopic (exact) mass is 361 g/mol. The summed E-state index contributed by atoms with van der Waals surface area (Å²) >= 11 is 0. The first kappa shape index (κ1) is 17.8. The first-order valence-corrected chi connectivity index (χ1v) is 10.2. The number of nitrogens with zero attached hydrogens (tertiary/aromatic N) is 2. The molecule has 2 heterocycles. The van der Waals surface area contributed by atoms with Crippen LogP contribution in [0.3, 0.4) is 0 Å². The molecule has 0 radical (unpaired) electrons. The van der Waals surface area contributed by atoms with Gasteiger partial charge in [0, 0.05) is 18.5 Å². The second-order valence-electron chi connectivity index (χ2n) is 6.42.